The minimum Gasteiger partial charge on any atom is -0.293 e. The lowest BCUT2D eigenvalue weighted by Gasteiger charge is -2.26. The van der Waals surface area contributed by atoms with Gasteiger partial charge in [0.05, 0.1) is 16.3 Å². The smallest absolute Gasteiger partial charge is 0.234 e. The van der Waals surface area contributed by atoms with Crippen molar-refractivity contribution in [2.24, 2.45) is 11.3 Å². The predicted molar refractivity (Wildman–Crippen MR) is 83.3 cm³/mol. The molecule has 0 radical (unpaired) electrons. The van der Waals surface area contributed by atoms with Crippen LogP contribution >= 0.6 is 11.3 Å². The van der Waals surface area contributed by atoms with Gasteiger partial charge in [-0.15, -0.1) is 0 Å². The fraction of sp³-hybridized carbons (Fsp3) is 0.714. The minimum absolute atomic E-state index is 0.0715. The number of nitrogens with one attached hydrogen (secondary N) is 1. The maximum atomic E-state index is 12.1. The Kier molecular flexibility index (Phi) is 3.60. The Labute approximate surface area is 129 Å². The van der Waals surface area contributed by atoms with E-state index in [0.29, 0.717) is 35.2 Å². The van der Waals surface area contributed by atoms with Crippen LogP contribution in [-0.4, -0.2) is 24.9 Å². The van der Waals surface area contributed by atoms with E-state index in [4.69, 9.17) is 0 Å². The lowest BCUT2D eigenvalue weighted by Crippen LogP contribution is -2.26. The maximum Gasteiger partial charge on any atom is 0.234 e. The molecule has 3 rings (SSSR count). The summed E-state index contributed by atoms with van der Waals surface area (Å²) in [5.74, 6) is 0.789. The third-order valence-electron chi connectivity index (χ3n) is 3.97. The lowest BCUT2D eigenvalue weighted by molar-refractivity contribution is 0.0916. The molecule has 7 heteroatoms. The van der Waals surface area contributed by atoms with Crippen LogP contribution in [0.25, 0.3) is 0 Å². The summed E-state index contributed by atoms with van der Waals surface area (Å²) in [6.07, 6.45) is 4.21. The molecule has 0 aliphatic heterocycles. The van der Waals surface area contributed by atoms with E-state index in [-0.39, 0.29) is 17.0 Å². The Morgan fingerprint density at radius 3 is 2.71 bits per heavy atom. The molecule has 21 heavy (non-hydrogen) atoms. The summed E-state index contributed by atoms with van der Waals surface area (Å²) in [6.45, 7) is 4.07. The van der Waals surface area contributed by atoms with E-state index < -0.39 is 10.0 Å². The summed E-state index contributed by atoms with van der Waals surface area (Å²) >= 11 is 1.17. The number of hydrogen-bond donors (Lipinski definition) is 1. The first kappa shape index (κ1) is 15.0. The number of Topliss-reactive ketones (excluding diaryl/α,β-unsaturated/α-hetero) is 1. The van der Waals surface area contributed by atoms with E-state index in [0.717, 1.165) is 18.5 Å². The third-order valence-corrected chi connectivity index (χ3v) is 6.43. The van der Waals surface area contributed by atoms with E-state index in [1.165, 1.54) is 11.3 Å². The molecule has 1 N–H and O–H groups in total. The van der Waals surface area contributed by atoms with Gasteiger partial charge in [0, 0.05) is 6.42 Å². The monoisotopic (exact) mass is 328 g/mol. The Morgan fingerprint density at radius 2 is 2.05 bits per heavy atom. The zero-order chi connectivity index (χ0) is 15.3. The van der Waals surface area contributed by atoms with Crippen molar-refractivity contribution in [3.8, 4) is 0 Å². The first-order chi connectivity index (χ1) is 9.74. The van der Waals surface area contributed by atoms with Crippen LogP contribution in [0.5, 0.6) is 0 Å². The van der Waals surface area contributed by atoms with Gasteiger partial charge in [0.2, 0.25) is 10.0 Å². The van der Waals surface area contributed by atoms with Crippen LogP contribution in [0.15, 0.2) is 0 Å². The molecule has 0 unspecified atom stereocenters. The van der Waals surface area contributed by atoms with Gasteiger partial charge in [-0.3, -0.25) is 9.52 Å². The van der Waals surface area contributed by atoms with Gasteiger partial charge in [0.15, 0.2) is 10.9 Å². The van der Waals surface area contributed by atoms with Crippen molar-refractivity contribution in [2.75, 3.05) is 10.5 Å². The number of thiazole rings is 1. The Morgan fingerprint density at radius 1 is 1.33 bits per heavy atom. The summed E-state index contributed by atoms with van der Waals surface area (Å²) in [6, 6.07) is 0. The molecule has 1 fully saturated rings. The van der Waals surface area contributed by atoms with Crippen LogP contribution in [0.3, 0.4) is 0 Å². The second kappa shape index (κ2) is 5.05. The molecule has 0 spiro atoms. The summed E-state index contributed by atoms with van der Waals surface area (Å²) in [7, 11) is -3.35. The number of sulfonamides is 1. The van der Waals surface area contributed by atoms with Gasteiger partial charge >= 0.3 is 0 Å². The first-order valence-electron chi connectivity index (χ1n) is 7.27. The molecule has 0 atom stereocenters. The quantitative estimate of drug-likeness (QED) is 0.901. The average Bonchev–Trinajstić information content (AvgIpc) is 3.07. The SMILES string of the molecule is CC1(C)CC(=O)c2sc(NS(=O)(=O)CCC3CC3)nc2C1. The molecule has 0 aromatic carbocycles. The van der Waals surface area contributed by atoms with Crippen LogP contribution < -0.4 is 4.72 Å². The topological polar surface area (TPSA) is 76.1 Å². The predicted octanol–water partition coefficient (Wildman–Crippen LogP) is 2.84. The second-order valence-corrected chi connectivity index (χ2v) is 9.73. The number of carbonyl (C=O) groups excluding carboxylic acids is 1. The van der Waals surface area contributed by atoms with Gasteiger partial charge < -0.3 is 0 Å². The van der Waals surface area contributed by atoms with Crippen molar-refractivity contribution in [1.82, 2.24) is 4.98 Å². The molecule has 0 saturated heterocycles. The van der Waals surface area contributed by atoms with Crippen LogP contribution in [-0.2, 0) is 16.4 Å². The van der Waals surface area contributed by atoms with Crippen LogP contribution in [0.1, 0.15) is 54.9 Å². The Bertz CT molecular complexity index is 672. The van der Waals surface area contributed by atoms with Gasteiger partial charge in [0.25, 0.3) is 0 Å². The molecule has 1 saturated carbocycles. The Balaban J connectivity index is 1.74. The number of hydrogen-bond acceptors (Lipinski definition) is 5. The molecular formula is C14H20N2O3S2. The average molecular weight is 328 g/mol. The number of carbonyl (C=O) groups is 1. The fourth-order valence-electron chi connectivity index (χ4n) is 2.68. The lowest BCUT2D eigenvalue weighted by atomic mass is 9.78. The standard InChI is InChI=1S/C14H20N2O3S2/c1-14(2)7-10-12(11(17)8-14)20-13(15-10)16-21(18,19)6-5-9-3-4-9/h9H,3-8H2,1-2H3,(H,15,16). The number of aromatic nitrogens is 1. The maximum absolute atomic E-state index is 12.1. The highest BCUT2D eigenvalue weighted by atomic mass is 32.2. The largest absolute Gasteiger partial charge is 0.293 e. The highest BCUT2D eigenvalue weighted by Gasteiger charge is 2.34. The molecule has 5 nitrogen and oxygen atoms in total. The molecular weight excluding hydrogens is 308 g/mol. The van der Waals surface area contributed by atoms with Gasteiger partial charge in [-0.1, -0.05) is 38.0 Å². The highest BCUT2D eigenvalue weighted by Crippen LogP contribution is 2.38. The van der Waals surface area contributed by atoms with Crippen molar-refractivity contribution >= 4 is 32.3 Å². The summed E-state index contributed by atoms with van der Waals surface area (Å²) in [5.41, 5.74) is 0.640. The van der Waals surface area contributed by atoms with E-state index in [1.807, 2.05) is 13.8 Å². The minimum atomic E-state index is -3.35. The molecule has 1 aromatic heterocycles. The van der Waals surface area contributed by atoms with Crippen LogP contribution in [0.2, 0.25) is 0 Å². The van der Waals surface area contributed by atoms with Crippen LogP contribution in [0.4, 0.5) is 5.13 Å². The van der Waals surface area contributed by atoms with E-state index in [1.54, 1.807) is 0 Å². The van der Waals surface area contributed by atoms with Gasteiger partial charge in [0.1, 0.15) is 0 Å². The van der Waals surface area contributed by atoms with Gasteiger partial charge in [-0.2, -0.15) is 0 Å². The number of ketones is 1. The normalized spacial score (nSPS) is 21.1. The van der Waals surface area contributed by atoms with Crippen molar-refractivity contribution in [2.45, 2.75) is 46.0 Å². The molecule has 2 aliphatic rings. The Hall–Kier alpha value is -0.950. The van der Waals surface area contributed by atoms with Crippen molar-refractivity contribution in [3.63, 3.8) is 0 Å². The van der Waals surface area contributed by atoms with Gasteiger partial charge in [-0.25, -0.2) is 13.4 Å². The third kappa shape index (κ3) is 3.63. The molecule has 1 heterocycles. The van der Waals surface area contributed by atoms with E-state index >= 15 is 0 Å². The fourth-order valence-corrected chi connectivity index (χ4v) is 5.05. The van der Waals surface area contributed by atoms with Crippen LogP contribution in [0, 0.1) is 11.3 Å². The van der Waals surface area contributed by atoms with Crippen molar-refractivity contribution < 1.29 is 13.2 Å². The molecule has 1 aromatic rings. The molecule has 0 bridgehead atoms. The number of fused-ring (bicyclic) bond motifs is 1. The number of rotatable bonds is 5. The van der Waals surface area contributed by atoms with Gasteiger partial charge in [-0.05, 0) is 24.2 Å². The van der Waals surface area contributed by atoms with E-state index in [2.05, 4.69) is 9.71 Å². The van der Waals surface area contributed by atoms with Crippen molar-refractivity contribution in [3.05, 3.63) is 10.6 Å². The summed E-state index contributed by atoms with van der Waals surface area (Å²) in [5, 5.41) is 0.335. The highest BCUT2D eigenvalue weighted by molar-refractivity contribution is 7.92. The molecule has 0 amide bonds. The zero-order valence-electron chi connectivity index (χ0n) is 12.3. The van der Waals surface area contributed by atoms with E-state index in [9.17, 15) is 13.2 Å². The number of nitrogens with zero attached hydrogens (tertiary/aromatic N) is 1. The second-order valence-electron chi connectivity index (χ2n) is 6.89. The summed E-state index contributed by atoms with van der Waals surface area (Å²) in [4.78, 5) is 17.0. The summed E-state index contributed by atoms with van der Waals surface area (Å²) < 4.78 is 26.6. The molecule has 116 valence electrons. The first-order valence-corrected chi connectivity index (χ1v) is 9.74. The molecule has 2 aliphatic carbocycles. The number of anilines is 1. The zero-order valence-corrected chi connectivity index (χ0v) is 13.9. The van der Waals surface area contributed by atoms with Crippen molar-refractivity contribution in [1.29, 1.82) is 0 Å².